The van der Waals surface area contributed by atoms with E-state index in [1.807, 2.05) is 39.0 Å². The third-order valence-corrected chi connectivity index (χ3v) is 3.21. The molecule has 6 nitrogen and oxygen atoms in total. The van der Waals surface area contributed by atoms with Crippen molar-refractivity contribution in [2.24, 2.45) is 0 Å². The molecule has 0 radical (unpaired) electrons. The maximum absolute atomic E-state index is 12.3. The molecule has 0 saturated heterocycles. The lowest BCUT2D eigenvalue weighted by Crippen LogP contribution is -2.13. The van der Waals surface area contributed by atoms with Crippen molar-refractivity contribution < 1.29 is 4.79 Å². The SMILES string of the molecule is Cc1ccc(NC(=O)c2ncn3c(C)cc(C)nc23)cn1. The van der Waals surface area contributed by atoms with E-state index in [-0.39, 0.29) is 5.91 Å². The molecular weight excluding hydrogens is 266 g/mol. The average Bonchev–Trinajstić information content (AvgIpc) is 2.85. The summed E-state index contributed by atoms with van der Waals surface area (Å²) in [5.74, 6) is -0.291. The molecule has 0 aliphatic rings. The van der Waals surface area contributed by atoms with Crippen LogP contribution in [-0.4, -0.2) is 25.3 Å². The van der Waals surface area contributed by atoms with Crippen LogP contribution in [0.25, 0.3) is 5.65 Å². The fraction of sp³-hybridized carbons (Fsp3) is 0.200. The zero-order chi connectivity index (χ0) is 15.0. The van der Waals surface area contributed by atoms with E-state index in [9.17, 15) is 4.79 Å². The third-order valence-electron chi connectivity index (χ3n) is 3.21. The van der Waals surface area contributed by atoms with Crippen molar-refractivity contribution in [1.82, 2.24) is 19.4 Å². The molecule has 1 amide bonds. The molecule has 3 aromatic rings. The van der Waals surface area contributed by atoms with Gasteiger partial charge < -0.3 is 5.32 Å². The van der Waals surface area contributed by atoms with Gasteiger partial charge in [-0.15, -0.1) is 0 Å². The lowest BCUT2D eigenvalue weighted by atomic mass is 10.3. The number of amides is 1. The Bertz CT molecular complexity index is 820. The molecule has 21 heavy (non-hydrogen) atoms. The van der Waals surface area contributed by atoms with Gasteiger partial charge in [-0.25, -0.2) is 9.97 Å². The zero-order valence-corrected chi connectivity index (χ0v) is 12.1. The number of aromatic nitrogens is 4. The first-order chi connectivity index (χ1) is 10.0. The molecular formula is C15H15N5O. The van der Waals surface area contributed by atoms with Crippen LogP contribution in [0.15, 0.2) is 30.7 Å². The minimum atomic E-state index is -0.291. The normalized spacial score (nSPS) is 10.8. The summed E-state index contributed by atoms with van der Waals surface area (Å²) in [5, 5.41) is 2.79. The molecule has 106 valence electrons. The number of aryl methyl sites for hydroxylation is 3. The Balaban J connectivity index is 1.96. The summed E-state index contributed by atoms with van der Waals surface area (Å²) >= 11 is 0. The van der Waals surface area contributed by atoms with Gasteiger partial charge in [0.2, 0.25) is 0 Å². The van der Waals surface area contributed by atoms with E-state index in [1.165, 1.54) is 0 Å². The molecule has 0 spiro atoms. The van der Waals surface area contributed by atoms with Crippen LogP contribution < -0.4 is 5.32 Å². The summed E-state index contributed by atoms with van der Waals surface area (Å²) in [4.78, 5) is 25.1. The van der Waals surface area contributed by atoms with Gasteiger partial charge in [-0.3, -0.25) is 14.2 Å². The van der Waals surface area contributed by atoms with Crippen LogP contribution in [0.1, 0.15) is 27.6 Å². The molecule has 0 fully saturated rings. The van der Waals surface area contributed by atoms with Crippen LogP contribution >= 0.6 is 0 Å². The number of pyridine rings is 1. The van der Waals surface area contributed by atoms with Gasteiger partial charge in [0.15, 0.2) is 11.3 Å². The van der Waals surface area contributed by atoms with Crippen molar-refractivity contribution in [2.75, 3.05) is 5.32 Å². The standard InChI is InChI=1S/C15H15N5O/c1-9-4-5-12(7-16-9)19-15(21)13-14-18-10(2)6-11(3)20(14)8-17-13/h4-8H,1-3H3,(H,19,21). The highest BCUT2D eigenvalue weighted by molar-refractivity contribution is 6.06. The van der Waals surface area contributed by atoms with E-state index >= 15 is 0 Å². The lowest BCUT2D eigenvalue weighted by molar-refractivity contribution is 0.102. The van der Waals surface area contributed by atoms with E-state index < -0.39 is 0 Å². The van der Waals surface area contributed by atoms with Crippen molar-refractivity contribution in [3.63, 3.8) is 0 Å². The van der Waals surface area contributed by atoms with Gasteiger partial charge in [0.25, 0.3) is 5.91 Å². The Morgan fingerprint density at radius 2 is 1.95 bits per heavy atom. The van der Waals surface area contributed by atoms with Gasteiger partial charge in [0, 0.05) is 17.1 Å². The van der Waals surface area contributed by atoms with E-state index in [4.69, 9.17) is 0 Å². The first-order valence-electron chi connectivity index (χ1n) is 6.60. The van der Waals surface area contributed by atoms with Crippen LogP contribution in [0.4, 0.5) is 5.69 Å². The maximum Gasteiger partial charge on any atom is 0.278 e. The molecule has 0 unspecified atom stereocenters. The number of fused-ring (bicyclic) bond motifs is 1. The van der Waals surface area contributed by atoms with Crippen molar-refractivity contribution in [2.45, 2.75) is 20.8 Å². The fourth-order valence-corrected chi connectivity index (χ4v) is 2.17. The highest BCUT2D eigenvalue weighted by Gasteiger charge is 2.16. The van der Waals surface area contributed by atoms with Gasteiger partial charge in [0.1, 0.15) is 6.33 Å². The summed E-state index contributed by atoms with van der Waals surface area (Å²) in [7, 11) is 0. The van der Waals surface area contributed by atoms with Gasteiger partial charge in [-0.05, 0) is 39.0 Å². The molecule has 0 aromatic carbocycles. The zero-order valence-electron chi connectivity index (χ0n) is 12.1. The second-order valence-electron chi connectivity index (χ2n) is 4.97. The molecule has 3 aromatic heterocycles. The number of hydrogen-bond donors (Lipinski definition) is 1. The molecule has 1 N–H and O–H groups in total. The quantitative estimate of drug-likeness (QED) is 0.782. The topological polar surface area (TPSA) is 72.2 Å². The molecule has 3 heterocycles. The van der Waals surface area contributed by atoms with Gasteiger partial charge in [-0.2, -0.15) is 0 Å². The first-order valence-corrected chi connectivity index (χ1v) is 6.60. The minimum absolute atomic E-state index is 0.291. The van der Waals surface area contributed by atoms with E-state index in [2.05, 4.69) is 20.3 Å². The van der Waals surface area contributed by atoms with Gasteiger partial charge in [-0.1, -0.05) is 0 Å². The Kier molecular flexibility index (Phi) is 3.13. The number of nitrogens with zero attached hydrogens (tertiary/aromatic N) is 4. The number of carbonyl (C=O) groups is 1. The van der Waals surface area contributed by atoms with Crippen molar-refractivity contribution in [3.8, 4) is 0 Å². The predicted molar refractivity (Wildman–Crippen MR) is 79.4 cm³/mol. The first kappa shape index (κ1) is 13.2. The molecule has 0 saturated carbocycles. The summed E-state index contributed by atoms with van der Waals surface area (Å²) in [6, 6.07) is 5.59. The summed E-state index contributed by atoms with van der Waals surface area (Å²) in [6.07, 6.45) is 3.23. The fourth-order valence-electron chi connectivity index (χ4n) is 2.17. The van der Waals surface area contributed by atoms with Crippen LogP contribution in [0.5, 0.6) is 0 Å². The minimum Gasteiger partial charge on any atom is -0.319 e. The average molecular weight is 281 g/mol. The van der Waals surface area contributed by atoms with E-state index in [0.29, 0.717) is 17.0 Å². The van der Waals surface area contributed by atoms with Crippen molar-refractivity contribution in [1.29, 1.82) is 0 Å². The number of imidazole rings is 1. The maximum atomic E-state index is 12.3. The Labute approximate surface area is 121 Å². The van der Waals surface area contributed by atoms with Crippen LogP contribution in [0.2, 0.25) is 0 Å². The smallest absolute Gasteiger partial charge is 0.278 e. The molecule has 0 aliphatic heterocycles. The number of nitrogens with one attached hydrogen (secondary N) is 1. The molecule has 6 heteroatoms. The number of rotatable bonds is 2. The molecule has 0 bridgehead atoms. The van der Waals surface area contributed by atoms with Crippen molar-refractivity contribution in [3.05, 3.63) is 53.5 Å². The Morgan fingerprint density at radius 3 is 2.67 bits per heavy atom. The Morgan fingerprint density at radius 1 is 1.14 bits per heavy atom. The Hall–Kier alpha value is -2.76. The molecule has 0 aliphatic carbocycles. The lowest BCUT2D eigenvalue weighted by Gasteiger charge is -2.04. The van der Waals surface area contributed by atoms with Crippen LogP contribution in [-0.2, 0) is 0 Å². The highest BCUT2D eigenvalue weighted by atomic mass is 16.1. The summed E-state index contributed by atoms with van der Waals surface area (Å²) in [5.41, 5.74) is 4.24. The van der Waals surface area contributed by atoms with E-state index in [1.54, 1.807) is 16.9 Å². The number of hydrogen-bond acceptors (Lipinski definition) is 4. The largest absolute Gasteiger partial charge is 0.319 e. The van der Waals surface area contributed by atoms with Gasteiger partial charge >= 0.3 is 0 Å². The van der Waals surface area contributed by atoms with Crippen LogP contribution in [0, 0.1) is 20.8 Å². The number of carbonyl (C=O) groups excluding carboxylic acids is 1. The van der Waals surface area contributed by atoms with Gasteiger partial charge in [0.05, 0.1) is 11.9 Å². The monoisotopic (exact) mass is 281 g/mol. The number of anilines is 1. The molecule has 3 rings (SSSR count). The summed E-state index contributed by atoms with van der Waals surface area (Å²) in [6.45, 7) is 5.74. The van der Waals surface area contributed by atoms with E-state index in [0.717, 1.165) is 17.1 Å². The highest BCUT2D eigenvalue weighted by Crippen LogP contribution is 2.14. The molecule has 0 atom stereocenters. The second kappa shape index (κ2) is 4.97. The second-order valence-corrected chi connectivity index (χ2v) is 4.97. The predicted octanol–water partition coefficient (Wildman–Crippen LogP) is 2.30. The third kappa shape index (κ3) is 2.47. The van der Waals surface area contributed by atoms with Crippen LogP contribution in [0.3, 0.4) is 0 Å². The summed E-state index contributed by atoms with van der Waals surface area (Å²) < 4.78 is 1.80. The van der Waals surface area contributed by atoms with Crippen molar-refractivity contribution >= 4 is 17.2 Å².